The number of hydrogen-bond acceptors (Lipinski definition) is 2. The second-order valence-corrected chi connectivity index (χ2v) is 8.07. The lowest BCUT2D eigenvalue weighted by atomic mass is 9.83. The van der Waals surface area contributed by atoms with E-state index in [1.807, 2.05) is 12.1 Å². The van der Waals surface area contributed by atoms with E-state index in [0.29, 0.717) is 16.7 Å². The molecule has 0 unspecified atom stereocenters. The Hall–Kier alpha value is -1.84. The molecular weight excluding hydrogens is 389 g/mol. The van der Waals surface area contributed by atoms with E-state index in [4.69, 9.17) is 27.9 Å². The van der Waals surface area contributed by atoms with Crippen molar-refractivity contribution in [2.45, 2.75) is 31.1 Å². The van der Waals surface area contributed by atoms with E-state index < -0.39 is 0 Å². The van der Waals surface area contributed by atoms with Gasteiger partial charge in [-0.3, -0.25) is 0 Å². The van der Waals surface area contributed by atoms with Gasteiger partial charge in [0.15, 0.2) is 0 Å². The van der Waals surface area contributed by atoms with Crippen molar-refractivity contribution in [2.24, 2.45) is 0 Å². The van der Waals surface area contributed by atoms with Gasteiger partial charge in [0.05, 0.1) is 12.7 Å². The molecule has 2 nitrogen and oxygen atoms in total. The van der Waals surface area contributed by atoms with Crippen LogP contribution in [0.25, 0.3) is 0 Å². The third-order valence-electron chi connectivity index (χ3n) is 5.27. The van der Waals surface area contributed by atoms with Gasteiger partial charge in [0.25, 0.3) is 0 Å². The molecule has 28 heavy (non-hydrogen) atoms. The average molecular weight is 412 g/mol. The Balaban J connectivity index is 1.57. The number of rotatable bonds is 6. The smallest absolute Gasteiger partial charge is 0.0754 e. The zero-order valence-electron chi connectivity index (χ0n) is 15.5. The second kappa shape index (κ2) is 9.11. The lowest BCUT2D eigenvalue weighted by molar-refractivity contribution is 0.0295. The molecule has 1 aliphatic heterocycles. The summed E-state index contributed by atoms with van der Waals surface area (Å²) in [5, 5.41) is 4.96. The third-order valence-corrected chi connectivity index (χ3v) is 5.71. The van der Waals surface area contributed by atoms with Crippen LogP contribution in [0.15, 0.2) is 78.9 Å². The van der Waals surface area contributed by atoms with Gasteiger partial charge in [-0.05, 0) is 47.9 Å². The molecule has 4 rings (SSSR count). The highest BCUT2D eigenvalue weighted by atomic mass is 35.5. The maximum Gasteiger partial charge on any atom is 0.0754 e. The number of benzene rings is 3. The fourth-order valence-corrected chi connectivity index (χ4v) is 4.62. The van der Waals surface area contributed by atoms with Crippen molar-refractivity contribution in [3.63, 3.8) is 0 Å². The molecule has 1 N–H and O–H groups in total. The lowest BCUT2D eigenvalue weighted by Crippen LogP contribution is -2.38. The molecule has 0 saturated carbocycles. The van der Waals surface area contributed by atoms with Crippen LogP contribution in [0, 0.1) is 0 Å². The van der Waals surface area contributed by atoms with E-state index in [9.17, 15) is 0 Å². The standard InChI is InChI=1S/C24H23Cl2NO/c25-20-13-17(14-21(26)15-20)16-28-22-11-12-27-24(22)23(18-7-3-1-4-8-18)19-9-5-2-6-10-19/h1-10,13-15,22-24,27H,11-12,16H2/t22-,24+/m0/s1. The zero-order valence-corrected chi connectivity index (χ0v) is 17.0. The van der Waals surface area contributed by atoms with Crippen molar-refractivity contribution in [1.82, 2.24) is 5.32 Å². The van der Waals surface area contributed by atoms with E-state index in [1.165, 1.54) is 11.1 Å². The van der Waals surface area contributed by atoms with Crippen molar-refractivity contribution in [1.29, 1.82) is 0 Å². The van der Waals surface area contributed by atoms with Crippen LogP contribution in [-0.4, -0.2) is 18.7 Å². The van der Waals surface area contributed by atoms with Crippen molar-refractivity contribution >= 4 is 23.2 Å². The maximum absolute atomic E-state index is 6.36. The minimum Gasteiger partial charge on any atom is -0.372 e. The van der Waals surface area contributed by atoms with Crippen LogP contribution in [-0.2, 0) is 11.3 Å². The van der Waals surface area contributed by atoms with Crippen LogP contribution >= 0.6 is 23.2 Å². The molecule has 3 aromatic rings. The Morgan fingerprint density at radius 2 is 1.43 bits per heavy atom. The Morgan fingerprint density at radius 3 is 2.00 bits per heavy atom. The Labute approximate surface area is 176 Å². The number of ether oxygens (including phenoxy) is 1. The van der Waals surface area contributed by atoms with Gasteiger partial charge in [0.2, 0.25) is 0 Å². The van der Waals surface area contributed by atoms with Crippen molar-refractivity contribution in [2.75, 3.05) is 6.54 Å². The first-order chi connectivity index (χ1) is 13.7. The molecule has 1 aliphatic rings. The second-order valence-electron chi connectivity index (χ2n) is 7.19. The van der Waals surface area contributed by atoms with Gasteiger partial charge in [-0.25, -0.2) is 0 Å². The van der Waals surface area contributed by atoms with Gasteiger partial charge in [-0.15, -0.1) is 0 Å². The number of halogens is 2. The zero-order chi connectivity index (χ0) is 19.3. The fourth-order valence-electron chi connectivity index (χ4n) is 4.05. The van der Waals surface area contributed by atoms with Crippen LogP contribution in [0.1, 0.15) is 29.0 Å². The topological polar surface area (TPSA) is 21.3 Å². The molecule has 1 fully saturated rings. The fraction of sp³-hybridized carbons (Fsp3) is 0.250. The highest BCUT2D eigenvalue weighted by molar-refractivity contribution is 6.34. The molecule has 2 atom stereocenters. The largest absolute Gasteiger partial charge is 0.372 e. The SMILES string of the molecule is Clc1cc(Cl)cc(CO[C@H]2CCN[C@H]2C(c2ccccc2)c2ccccc2)c1. The minimum atomic E-state index is 0.114. The van der Waals surface area contributed by atoms with Crippen molar-refractivity contribution in [3.8, 4) is 0 Å². The quantitative estimate of drug-likeness (QED) is 0.530. The molecular formula is C24H23Cl2NO. The highest BCUT2D eigenvalue weighted by Crippen LogP contribution is 2.34. The molecule has 0 bridgehead atoms. The molecule has 4 heteroatoms. The summed E-state index contributed by atoms with van der Waals surface area (Å²) < 4.78 is 6.36. The summed E-state index contributed by atoms with van der Waals surface area (Å²) in [6, 6.07) is 27.1. The molecule has 3 aromatic carbocycles. The molecule has 1 heterocycles. The summed E-state index contributed by atoms with van der Waals surface area (Å²) in [6.07, 6.45) is 1.10. The van der Waals surface area contributed by atoms with Gasteiger partial charge in [-0.2, -0.15) is 0 Å². The predicted octanol–water partition coefficient (Wildman–Crippen LogP) is 6.07. The summed E-state index contributed by atoms with van der Waals surface area (Å²) in [5.74, 6) is 0.234. The average Bonchev–Trinajstić information content (AvgIpc) is 3.16. The van der Waals surface area contributed by atoms with Gasteiger partial charge < -0.3 is 10.1 Å². The van der Waals surface area contributed by atoms with Crippen LogP contribution in [0.4, 0.5) is 0 Å². The van der Waals surface area contributed by atoms with E-state index >= 15 is 0 Å². The summed E-state index contributed by atoms with van der Waals surface area (Å²) >= 11 is 12.3. The Bertz CT molecular complexity index is 841. The molecule has 0 radical (unpaired) electrons. The Morgan fingerprint density at radius 1 is 0.857 bits per heavy atom. The Kier molecular flexibility index (Phi) is 6.33. The highest BCUT2D eigenvalue weighted by Gasteiger charge is 2.35. The first kappa shape index (κ1) is 19.5. The summed E-state index contributed by atoms with van der Waals surface area (Å²) in [6.45, 7) is 1.45. The number of nitrogens with one attached hydrogen (secondary N) is 1. The number of hydrogen-bond donors (Lipinski definition) is 1. The molecule has 0 aromatic heterocycles. The molecule has 0 aliphatic carbocycles. The van der Waals surface area contributed by atoms with E-state index in [-0.39, 0.29) is 18.1 Å². The summed E-state index contributed by atoms with van der Waals surface area (Å²) in [5.41, 5.74) is 3.60. The van der Waals surface area contributed by atoms with Crippen molar-refractivity contribution in [3.05, 3.63) is 106 Å². The maximum atomic E-state index is 6.36. The third kappa shape index (κ3) is 4.59. The van der Waals surface area contributed by atoms with E-state index in [0.717, 1.165) is 18.5 Å². The normalized spacial score (nSPS) is 19.2. The first-order valence-corrected chi connectivity index (χ1v) is 10.4. The first-order valence-electron chi connectivity index (χ1n) is 9.60. The monoisotopic (exact) mass is 411 g/mol. The summed E-state index contributed by atoms with van der Waals surface area (Å²) in [4.78, 5) is 0. The van der Waals surface area contributed by atoms with Gasteiger partial charge >= 0.3 is 0 Å². The van der Waals surface area contributed by atoms with Crippen LogP contribution < -0.4 is 5.32 Å². The van der Waals surface area contributed by atoms with E-state index in [1.54, 1.807) is 6.07 Å². The van der Waals surface area contributed by atoms with Crippen LogP contribution in [0.2, 0.25) is 10.0 Å². The molecule has 0 amide bonds. The summed E-state index contributed by atoms with van der Waals surface area (Å²) in [7, 11) is 0. The predicted molar refractivity (Wildman–Crippen MR) is 116 cm³/mol. The lowest BCUT2D eigenvalue weighted by Gasteiger charge is -2.30. The molecule has 144 valence electrons. The van der Waals surface area contributed by atoms with Crippen LogP contribution in [0.3, 0.4) is 0 Å². The van der Waals surface area contributed by atoms with E-state index in [2.05, 4.69) is 66.0 Å². The van der Waals surface area contributed by atoms with Gasteiger partial charge in [0.1, 0.15) is 0 Å². The molecule has 0 spiro atoms. The van der Waals surface area contributed by atoms with Gasteiger partial charge in [-0.1, -0.05) is 83.9 Å². The van der Waals surface area contributed by atoms with Crippen molar-refractivity contribution < 1.29 is 4.74 Å². The minimum absolute atomic E-state index is 0.114. The van der Waals surface area contributed by atoms with Gasteiger partial charge in [0, 0.05) is 22.0 Å². The molecule has 1 saturated heterocycles. The van der Waals surface area contributed by atoms with Crippen LogP contribution in [0.5, 0.6) is 0 Å².